The molecule has 0 aliphatic heterocycles. The van der Waals surface area contributed by atoms with Crippen LogP contribution in [0.2, 0.25) is 0 Å². The third kappa shape index (κ3) is 15.0. The van der Waals surface area contributed by atoms with Crippen LogP contribution < -0.4 is 21.1 Å². The van der Waals surface area contributed by atoms with Gasteiger partial charge in [0.1, 0.15) is 11.6 Å². The van der Waals surface area contributed by atoms with Crippen LogP contribution in [0.4, 0.5) is 11.6 Å². The Hall–Kier alpha value is -3.65. The fourth-order valence-corrected chi connectivity index (χ4v) is 1.86. The van der Waals surface area contributed by atoms with Gasteiger partial charge in [0.2, 0.25) is 0 Å². The number of anilines is 2. The minimum atomic E-state index is -0.636. The third-order valence-electron chi connectivity index (χ3n) is 3.06. The molecule has 6 N–H and O–H groups in total. The van der Waals surface area contributed by atoms with Gasteiger partial charge in [0, 0.05) is 52.6 Å². The molecule has 0 saturated heterocycles. The van der Waals surface area contributed by atoms with E-state index in [-0.39, 0.29) is 28.5 Å². The Morgan fingerprint density at radius 2 is 1.00 bits per heavy atom. The third-order valence-corrected chi connectivity index (χ3v) is 3.06. The van der Waals surface area contributed by atoms with Gasteiger partial charge in [0.15, 0.2) is 0 Å². The van der Waals surface area contributed by atoms with Gasteiger partial charge >= 0.3 is 17.1 Å². The van der Waals surface area contributed by atoms with Gasteiger partial charge in [-0.15, -0.1) is 0 Å². The number of aromatic nitrogens is 3. The fraction of sp³-hybridized carbons (Fsp3) is 0.190. The molecule has 0 amide bonds. The summed E-state index contributed by atoms with van der Waals surface area (Å²) in [7, 11) is 4.00. The molecule has 0 aliphatic carbocycles. The van der Waals surface area contributed by atoms with Gasteiger partial charge in [-0.2, -0.15) is 10.2 Å². The summed E-state index contributed by atoms with van der Waals surface area (Å²) < 4.78 is 0. The minimum Gasteiger partial charge on any atom is -0.856 e. The van der Waals surface area contributed by atoms with Crippen molar-refractivity contribution in [1.29, 1.82) is 0 Å². The van der Waals surface area contributed by atoms with E-state index in [9.17, 15) is 10.2 Å². The first kappa shape index (κ1) is 35.9. The van der Waals surface area contributed by atoms with Crippen molar-refractivity contribution >= 4 is 23.4 Å². The Labute approximate surface area is 214 Å². The SMILES string of the molecule is CO.CO.CO.CO.[Mn+2].[O-]/C(=N\Nc1ccccn1)c1cccc(/C([O-])=N/Nc2ccccn2)n1. The predicted molar refractivity (Wildman–Crippen MR) is 126 cm³/mol. The zero-order valence-electron chi connectivity index (χ0n) is 19.6. The van der Waals surface area contributed by atoms with Gasteiger partial charge in [-0.25, -0.2) is 15.0 Å². The number of hydrogen-bond donors (Lipinski definition) is 6. The zero-order chi connectivity index (χ0) is 26.2. The van der Waals surface area contributed by atoms with Crippen LogP contribution in [0.25, 0.3) is 0 Å². The predicted octanol–water partition coefficient (Wildman–Crippen LogP) is -1.43. The standard InChI is InChI=1S/C17H15N7O2.4CH4O.Mn/c25-16(23-21-14-8-1-3-10-18-14)12-6-5-7-13(20-12)17(26)24-22-15-9-2-4-11-19-15;4*1-2;/h1-11H,(H,18,21)(H,19,22)(H,23,25)(H,24,26);4*2H,1H3;/q;;;;;+2/p-2. The van der Waals surface area contributed by atoms with Crippen LogP contribution in [0, 0.1) is 0 Å². The average molecular weight is 530 g/mol. The van der Waals surface area contributed by atoms with Crippen LogP contribution in [-0.2, 0) is 17.1 Å². The van der Waals surface area contributed by atoms with Crippen LogP contribution >= 0.6 is 0 Å². The van der Waals surface area contributed by atoms with E-state index >= 15 is 0 Å². The van der Waals surface area contributed by atoms with Crippen LogP contribution in [0.1, 0.15) is 11.4 Å². The number of aliphatic hydroxyl groups is 4. The van der Waals surface area contributed by atoms with Crippen LogP contribution in [0.3, 0.4) is 0 Å². The normalized spacial score (nSPS) is 9.49. The number of rotatable bonds is 6. The molecule has 3 aromatic rings. The van der Waals surface area contributed by atoms with Crippen molar-refractivity contribution in [1.82, 2.24) is 15.0 Å². The van der Waals surface area contributed by atoms with Gasteiger partial charge in [0.25, 0.3) is 0 Å². The van der Waals surface area contributed by atoms with Gasteiger partial charge in [-0.05, 0) is 36.4 Å². The van der Waals surface area contributed by atoms with Crippen molar-refractivity contribution in [3.05, 3.63) is 78.4 Å². The summed E-state index contributed by atoms with van der Waals surface area (Å²) in [6.45, 7) is 0. The summed E-state index contributed by atoms with van der Waals surface area (Å²) in [5.41, 5.74) is 5.08. The van der Waals surface area contributed by atoms with E-state index < -0.39 is 11.8 Å². The second-order valence-electron chi connectivity index (χ2n) is 4.90. The molecular formula is C21H29MnN7O6. The second-order valence-corrected chi connectivity index (χ2v) is 4.90. The number of nitrogens with one attached hydrogen (secondary N) is 2. The number of nitrogens with zero attached hydrogens (tertiary/aromatic N) is 5. The molecule has 0 aliphatic rings. The van der Waals surface area contributed by atoms with Gasteiger partial charge in [0.05, 0.1) is 11.4 Å². The minimum absolute atomic E-state index is 0. The molecule has 14 heteroatoms. The van der Waals surface area contributed by atoms with Crippen molar-refractivity contribution in [2.75, 3.05) is 39.3 Å². The maximum atomic E-state index is 12.1. The quantitative estimate of drug-likeness (QED) is 0.0940. The van der Waals surface area contributed by atoms with Gasteiger partial charge in [-0.3, -0.25) is 10.9 Å². The molecule has 3 heterocycles. The average Bonchev–Trinajstić information content (AvgIpc) is 2.96. The van der Waals surface area contributed by atoms with Crippen LogP contribution in [0.5, 0.6) is 0 Å². The largest absolute Gasteiger partial charge is 2.00 e. The Balaban J connectivity index is -0.00000103. The van der Waals surface area contributed by atoms with E-state index in [0.717, 1.165) is 28.4 Å². The molecule has 3 aromatic heterocycles. The Morgan fingerprint density at radius 1 is 0.629 bits per heavy atom. The number of aliphatic hydroxyl groups excluding tert-OH is 4. The molecule has 1 radical (unpaired) electrons. The molecule has 3 rings (SSSR count). The maximum absolute atomic E-state index is 12.1. The Morgan fingerprint density at radius 3 is 1.31 bits per heavy atom. The summed E-state index contributed by atoms with van der Waals surface area (Å²) in [6.07, 6.45) is 3.13. The maximum Gasteiger partial charge on any atom is 2.00 e. The summed E-state index contributed by atoms with van der Waals surface area (Å²) >= 11 is 0. The first-order valence-corrected chi connectivity index (χ1v) is 9.32. The van der Waals surface area contributed by atoms with E-state index in [1.165, 1.54) is 18.2 Å². The van der Waals surface area contributed by atoms with E-state index in [4.69, 9.17) is 20.4 Å². The molecule has 35 heavy (non-hydrogen) atoms. The molecule has 191 valence electrons. The first-order valence-electron chi connectivity index (χ1n) is 9.32. The van der Waals surface area contributed by atoms with Crippen molar-refractivity contribution in [2.24, 2.45) is 10.2 Å². The molecule has 0 spiro atoms. The monoisotopic (exact) mass is 530 g/mol. The van der Waals surface area contributed by atoms with Crippen molar-refractivity contribution in [2.45, 2.75) is 0 Å². The van der Waals surface area contributed by atoms with E-state index in [1.807, 2.05) is 0 Å². The summed E-state index contributed by atoms with van der Waals surface area (Å²) in [6, 6.07) is 14.7. The van der Waals surface area contributed by atoms with Crippen LogP contribution in [-0.4, -0.2) is 75.6 Å². The molecule has 0 aromatic carbocycles. The smallest absolute Gasteiger partial charge is 0.856 e. The number of hydrogen-bond acceptors (Lipinski definition) is 13. The topological polar surface area (TPSA) is 214 Å². The first-order chi connectivity index (χ1) is 16.7. The molecule has 0 fully saturated rings. The molecule has 0 unspecified atom stereocenters. The zero-order valence-corrected chi connectivity index (χ0v) is 20.8. The van der Waals surface area contributed by atoms with E-state index in [1.54, 1.807) is 48.8 Å². The van der Waals surface area contributed by atoms with Gasteiger partial charge < -0.3 is 30.6 Å². The molecule has 0 atom stereocenters. The summed E-state index contributed by atoms with van der Waals surface area (Å²) in [4.78, 5) is 12.0. The second kappa shape index (κ2) is 25.0. The molecular weight excluding hydrogens is 501 g/mol. The van der Waals surface area contributed by atoms with E-state index in [2.05, 4.69) is 36.0 Å². The number of pyridine rings is 3. The molecule has 13 nitrogen and oxygen atoms in total. The van der Waals surface area contributed by atoms with E-state index in [0.29, 0.717) is 11.6 Å². The van der Waals surface area contributed by atoms with Crippen LogP contribution in [0.15, 0.2) is 77.2 Å². The summed E-state index contributed by atoms with van der Waals surface area (Å²) in [5, 5.41) is 59.5. The van der Waals surface area contributed by atoms with Crippen molar-refractivity contribution < 1.29 is 47.7 Å². The molecule has 0 bridgehead atoms. The van der Waals surface area contributed by atoms with Crippen molar-refractivity contribution in [3.8, 4) is 0 Å². The molecule has 0 saturated carbocycles. The number of hydrazone groups is 2. The van der Waals surface area contributed by atoms with Crippen molar-refractivity contribution in [3.63, 3.8) is 0 Å². The Bertz CT molecular complexity index is 863. The Kier molecular flexibility index (Phi) is 25.6. The summed E-state index contributed by atoms with van der Waals surface area (Å²) in [5.74, 6) is -0.434. The van der Waals surface area contributed by atoms with Gasteiger partial charge in [-0.1, -0.05) is 18.2 Å². The fourth-order valence-electron chi connectivity index (χ4n) is 1.86.